The summed E-state index contributed by atoms with van der Waals surface area (Å²) in [7, 11) is 0. The van der Waals surface area contributed by atoms with Crippen LogP contribution in [-0.2, 0) is 0 Å². The molecule has 0 bridgehead atoms. The highest BCUT2D eigenvalue weighted by atomic mass is 16.5. The molecular weight excluding hydrogens is 206 g/mol. The molecule has 0 atom stereocenters. The Morgan fingerprint density at radius 2 is 2.06 bits per heavy atom. The Morgan fingerprint density at radius 1 is 1.25 bits per heavy atom. The lowest BCUT2D eigenvalue weighted by Crippen LogP contribution is -1.92. The third kappa shape index (κ3) is 1.15. The molecule has 78 valence electrons. The van der Waals surface area contributed by atoms with Crippen molar-refractivity contribution < 1.29 is 9.32 Å². The molecule has 16 heavy (non-hydrogen) atoms. The smallest absolute Gasteiger partial charge is 0.314 e. The maximum absolute atomic E-state index is 10.8. The fourth-order valence-corrected chi connectivity index (χ4v) is 1.60. The van der Waals surface area contributed by atoms with Gasteiger partial charge in [0.1, 0.15) is 5.69 Å². The molecule has 1 aromatic carbocycles. The third-order valence-corrected chi connectivity index (χ3v) is 2.34. The summed E-state index contributed by atoms with van der Waals surface area (Å²) in [4.78, 5) is 14.8. The van der Waals surface area contributed by atoms with Crippen LogP contribution in [0.5, 0.6) is 0 Å². The zero-order chi connectivity index (χ0) is 11.0. The van der Waals surface area contributed by atoms with Gasteiger partial charge in [0.05, 0.1) is 6.20 Å². The first kappa shape index (κ1) is 8.84. The van der Waals surface area contributed by atoms with Crippen LogP contribution in [0.3, 0.4) is 0 Å². The number of carbonyl (C=O) groups excluding carboxylic acids is 1. The second-order valence-corrected chi connectivity index (χ2v) is 3.29. The van der Waals surface area contributed by atoms with Crippen molar-refractivity contribution in [2.75, 3.05) is 0 Å². The lowest BCUT2D eigenvalue weighted by atomic mass is 10.2. The van der Waals surface area contributed by atoms with Crippen LogP contribution < -0.4 is 0 Å². The largest absolute Gasteiger partial charge is 0.332 e. The molecule has 3 aromatic rings. The lowest BCUT2D eigenvalue weighted by Gasteiger charge is -1.95. The summed E-state index contributed by atoms with van der Waals surface area (Å²) in [6.07, 6.45) is 2.18. The van der Waals surface area contributed by atoms with Crippen molar-refractivity contribution in [3.8, 4) is 11.4 Å². The molecule has 0 saturated heterocycles. The van der Waals surface area contributed by atoms with Gasteiger partial charge in [-0.2, -0.15) is 0 Å². The molecule has 0 fully saturated rings. The standard InChI is InChI=1S/C11H7N3O2/c15-7-9-6-12-11-14(9)10(13-16-11)8-4-2-1-3-5-8/h1-7H. The van der Waals surface area contributed by atoms with Crippen LogP contribution in [0.2, 0.25) is 0 Å². The van der Waals surface area contributed by atoms with Gasteiger partial charge in [-0.05, 0) is 0 Å². The summed E-state index contributed by atoms with van der Waals surface area (Å²) in [5.41, 5.74) is 1.30. The third-order valence-electron chi connectivity index (χ3n) is 2.34. The number of carbonyl (C=O) groups is 1. The molecule has 0 aliphatic rings. The van der Waals surface area contributed by atoms with Crippen molar-refractivity contribution >= 4 is 12.1 Å². The van der Waals surface area contributed by atoms with E-state index < -0.39 is 0 Å². The summed E-state index contributed by atoms with van der Waals surface area (Å²) in [5, 5.41) is 3.90. The number of aldehydes is 1. The number of aromatic nitrogens is 3. The molecule has 0 saturated carbocycles. The summed E-state index contributed by atoms with van der Waals surface area (Å²) in [6.45, 7) is 0. The van der Waals surface area contributed by atoms with Crippen molar-refractivity contribution in [1.29, 1.82) is 0 Å². The highest BCUT2D eigenvalue weighted by molar-refractivity contribution is 5.75. The molecule has 0 unspecified atom stereocenters. The molecule has 5 heteroatoms. The number of imidazole rings is 1. The lowest BCUT2D eigenvalue weighted by molar-refractivity contribution is 0.111. The molecule has 0 amide bonds. The zero-order valence-corrected chi connectivity index (χ0v) is 8.20. The topological polar surface area (TPSA) is 60.4 Å². The van der Waals surface area contributed by atoms with Gasteiger partial charge >= 0.3 is 5.84 Å². The van der Waals surface area contributed by atoms with Gasteiger partial charge < -0.3 is 4.52 Å². The maximum Gasteiger partial charge on any atom is 0.332 e. The molecule has 0 aliphatic carbocycles. The van der Waals surface area contributed by atoms with Crippen LogP contribution in [-0.4, -0.2) is 20.8 Å². The minimum atomic E-state index is 0.320. The molecule has 0 radical (unpaired) electrons. The number of rotatable bonds is 2. The van der Waals surface area contributed by atoms with E-state index in [0.717, 1.165) is 11.8 Å². The van der Waals surface area contributed by atoms with Crippen LogP contribution in [0.15, 0.2) is 41.1 Å². The minimum absolute atomic E-state index is 0.320. The molecule has 3 rings (SSSR count). The highest BCUT2D eigenvalue weighted by Crippen LogP contribution is 2.19. The number of benzene rings is 1. The molecule has 2 heterocycles. The average Bonchev–Trinajstić information content (AvgIpc) is 2.90. The van der Waals surface area contributed by atoms with E-state index in [9.17, 15) is 4.79 Å². The first-order chi connectivity index (χ1) is 7.90. The van der Waals surface area contributed by atoms with Gasteiger partial charge in [-0.25, -0.2) is 9.38 Å². The quantitative estimate of drug-likeness (QED) is 0.609. The van der Waals surface area contributed by atoms with Crippen molar-refractivity contribution in [3.63, 3.8) is 0 Å². The van der Waals surface area contributed by atoms with Crippen molar-refractivity contribution in [2.24, 2.45) is 0 Å². The number of hydrogen-bond acceptors (Lipinski definition) is 4. The van der Waals surface area contributed by atoms with Crippen LogP contribution in [0, 0.1) is 0 Å². The first-order valence-electron chi connectivity index (χ1n) is 4.74. The van der Waals surface area contributed by atoms with Crippen LogP contribution in [0.1, 0.15) is 10.5 Å². The molecule has 0 spiro atoms. The van der Waals surface area contributed by atoms with E-state index in [-0.39, 0.29) is 0 Å². The SMILES string of the molecule is O=Cc1cnc2onc(-c3ccccc3)n12. The Hall–Kier alpha value is -2.43. The molecule has 2 aromatic heterocycles. The number of nitrogens with zero attached hydrogens (tertiary/aromatic N) is 3. The number of hydrogen-bond donors (Lipinski definition) is 0. The number of fused-ring (bicyclic) bond motifs is 1. The Bertz CT molecular complexity index is 640. The minimum Gasteiger partial charge on any atom is -0.314 e. The van der Waals surface area contributed by atoms with Crippen LogP contribution in [0.4, 0.5) is 0 Å². The van der Waals surface area contributed by atoms with Gasteiger partial charge in [0, 0.05) is 5.56 Å². The van der Waals surface area contributed by atoms with E-state index in [1.807, 2.05) is 30.3 Å². The van der Waals surface area contributed by atoms with E-state index in [1.165, 1.54) is 6.20 Å². The molecule has 0 aliphatic heterocycles. The second kappa shape index (κ2) is 3.30. The first-order valence-corrected chi connectivity index (χ1v) is 4.74. The van der Waals surface area contributed by atoms with Gasteiger partial charge in [0.25, 0.3) is 0 Å². The summed E-state index contributed by atoms with van der Waals surface area (Å²) >= 11 is 0. The van der Waals surface area contributed by atoms with Gasteiger partial charge in [-0.3, -0.25) is 4.79 Å². The van der Waals surface area contributed by atoms with Gasteiger partial charge in [0.15, 0.2) is 12.1 Å². The second-order valence-electron chi connectivity index (χ2n) is 3.29. The zero-order valence-electron chi connectivity index (χ0n) is 8.20. The predicted octanol–water partition coefficient (Wildman–Crippen LogP) is 1.80. The maximum atomic E-state index is 10.8. The van der Waals surface area contributed by atoms with Gasteiger partial charge in [0.2, 0.25) is 0 Å². The van der Waals surface area contributed by atoms with E-state index in [0.29, 0.717) is 17.4 Å². The Kier molecular flexibility index (Phi) is 1.83. The highest BCUT2D eigenvalue weighted by Gasteiger charge is 2.13. The van der Waals surface area contributed by atoms with Crippen molar-refractivity contribution in [2.45, 2.75) is 0 Å². The van der Waals surface area contributed by atoms with E-state index in [2.05, 4.69) is 10.1 Å². The van der Waals surface area contributed by atoms with E-state index >= 15 is 0 Å². The van der Waals surface area contributed by atoms with Crippen LogP contribution in [0.25, 0.3) is 17.2 Å². The van der Waals surface area contributed by atoms with Gasteiger partial charge in [-0.1, -0.05) is 35.5 Å². The fraction of sp³-hybridized carbons (Fsp3) is 0. The predicted molar refractivity (Wildman–Crippen MR) is 56.1 cm³/mol. The van der Waals surface area contributed by atoms with Crippen molar-refractivity contribution in [3.05, 3.63) is 42.2 Å². The Labute approximate surface area is 90.3 Å². The average molecular weight is 213 g/mol. The summed E-state index contributed by atoms with van der Waals surface area (Å²) in [6, 6.07) is 9.49. The monoisotopic (exact) mass is 213 g/mol. The molecule has 5 nitrogen and oxygen atoms in total. The molecule has 0 N–H and O–H groups in total. The Morgan fingerprint density at radius 3 is 2.81 bits per heavy atom. The molecular formula is C11H7N3O2. The van der Waals surface area contributed by atoms with Crippen LogP contribution >= 0.6 is 0 Å². The summed E-state index contributed by atoms with van der Waals surface area (Å²) < 4.78 is 6.61. The fourth-order valence-electron chi connectivity index (χ4n) is 1.60. The van der Waals surface area contributed by atoms with E-state index in [4.69, 9.17) is 4.52 Å². The van der Waals surface area contributed by atoms with Crippen molar-refractivity contribution in [1.82, 2.24) is 14.5 Å². The Balaban J connectivity index is 2.31. The normalized spacial score (nSPS) is 10.8. The van der Waals surface area contributed by atoms with Gasteiger partial charge in [-0.15, -0.1) is 0 Å². The summed E-state index contributed by atoms with van der Waals surface area (Å²) in [5.74, 6) is 0.899. The van der Waals surface area contributed by atoms with E-state index in [1.54, 1.807) is 4.40 Å².